The Morgan fingerprint density at radius 1 is 1.38 bits per heavy atom. The second-order valence-electron chi connectivity index (χ2n) is 5.33. The number of likely N-dealkylation sites (tertiary alicyclic amines) is 1. The van der Waals surface area contributed by atoms with Crippen molar-refractivity contribution < 1.29 is 14.7 Å². The molecule has 0 aliphatic carbocycles. The first kappa shape index (κ1) is 15.4. The number of aromatic nitrogens is 1. The number of pyridine rings is 1. The Morgan fingerprint density at radius 3 is 2.62 bits per heavy atom. The van der Waals surface area contributed by atoms with Gasteiger partial charge in [0.15, 0.2) is 0 Å². The van der Waals surface area contributed by atoms with E-state index in [0.29, 0.717) is 5.56 Å². The molecule has 1 amide bonds. The van der Waals surface area contributed by atoms with E-state index < -0.39 is 5.97 Å². The largest absolute Gasteiger partial charge is 0.477 e. The van der Waals surface area contributed by atoms with Gasteiger partial charge < -0.3 is 15.3 Å². The summed E-state index contributed by atoms with van der Waals surface area (Å²) in [4.78, 5) is 29.0. The Bertz CT molecular complexity index is 493. The minimum Gasteiger partial charge on any atom is -0.477 e. The lowest BCUT2D eigenvalue weighted by molar-refractivity contribution is 0.0689. The van der Waals surface area contributed by atoms with Crippen molar-refractivity contribution in [1.29, 1.82) is 0 Å². The number of nitrogens with zero attached hydrogens (tertiary/aromatic N) is 2. The molecular formula is C15H21N3O3. The van der Waals surface area contributed by atoms with E-state index in [1.807, 2.05) is 0 Å². The fourth-order valence-electron chi connectivity index (χ4n) is 2.54. The molecule has 2 N–H and O–H groups in total. The molecule has 1 aliphatic rings. The minimum absolute atomic E-state index is 0.0561. The molecule has 1 aromatic rings. The minimum atomic E-state index is -1.09. The van der Waals surface area contributed by atoms with Crippen LogP contribution in [0.2, 0.25) is 0 Å². The summed E-state index contributed by atoms with van der Waals surface area (Å²) in [5.74, 6) is -1.28. The zero-order chi connectivity index (χ0) is 15.2. The average molecular weight is 291 g/mol. The van der Waals surface area contributed by atoms with Crippen molar-refractivity contribution in [1.82, 2.24) is 15.2 Å². The van der Waals surface area contributed by atoms with Crippen molar-refractivity contribution >= 4 is 11.9 Å². The number of carbonyl (C=O) groups is 2. The van der Waals surface area contributed by atoms with Crippen molar-refractivity contribution in [2.75, 3.05) is 19.6 Å². The van der Waals surface area contributed by atoms with Crippen molar-refractivity contribution in [2.45, 2.75) is 32.2 Å². The Kier molecular flexibility index (Phi) is 5.27. The quantitative estimate of drug-likeness (QED) is 0.856. The van der Waals surface area contributed by atoms with E-state index in [-0.39, 0.29) is 17.6 Å². The number of rotatable bonds is 5. The zero-order valence-corrected chi connectivity index (χ0v) is 12.2. The molecule has 6 heteroatoms. The molecule has 0 saturated carbocycles. The summed E-state index contributed by atoms with van der Waals surface area (Å²) in [5.41, 5.74) is 0.343. The molecule has 0 bridgehead atoms. The molecule has 0 unspecified atom stereocenters. The maximum atomic E-state index is 12.1. The number of amides is 1. The summed E-state index contributed by atoms with van der Waals surface area (Å²) < 4.78 is 0. The Morgan fingerprint density at radius 2 is 2.10 bits per heavy atom. The van der Waals surface area contributed by atoms with Crippen LogP contribution in [0.3, 0.4) is 0 Å². The predicted octanol–water partition coefficient (Wildman–Crippen LogP) is 1.38. The third-order valence-electron chi connectivity index (χ3n) is 3.71. The highest BCUT2D eigenvalue weighted by Crippen LogP contribution is 2.11. The summed E-state index contributed by atoms with van der Waals surface area (Å²) in [5, 5.41) is 11.8. The SMILES string of the molecule is CCCN1CCC(NC(=O)c2ccc(C(=O)O)nc2)CC1. The molecule has 0 spiro atoms. The van der Waals surface area contributed by atoms with Crippen molar-refractivity contribution in [3.05, 3.63) is 29.6 Å². The lowest BCUT2D eigenvalue weighted by atomic mass is 10.0. The Labute approximate surface area is 124 Å². The molecule has 1 fully saturated rings. The van der Waals surface area contributed by atoms with E-state index in [1.54, 1.807) is 0 Å². The van der Waals surface area contributed by atoms with Crippen LogP contribution in [-0.2, 0) is 0 Å². The van der Waals surface area contributed by atoms with Gasteiger partial charge in [-0.15, -0.1) is 0 Å². The molecule has 1 aliphatic heterocycles. The lowest BCUT2D eigenvalue weighted by Gasteiger charge is -2.32. The van der Waals surface area contributed by atoms with Crippen LogP contribution < -0.4 is 5.32 Å². The molecule has 6 nitrogen and oxygen atoms in total. The van der Waals surface area contributed by atoms with Gasteiger partial charge in [-0.25, -0.2) is 9.78 Å². The van der Waals surface area contributed by atoms with Crippen LogP contribution in [0, 0.1) is 0 Å². The van der Waals surface area contributed by atoms with Gasteiger partial charge in [0.25, 0.3) is 5.91 Å². The molecule has 2 heterocycles. The number of aromatic carboxylic acids is 1. The van der Waals surface area contributed by atoms with Crippen LogP contribution in [0.5, 0.6) is 0 Å². The highest BCUT2D eigenvalue weighted by molar-refractivity contribution is 5.95. The number of carbonyl (C=O) groups excluding carboxylic acids is 1. The topological polar surface area (TPSA) is 82.5 Å². The third-order valence-corrected chi connectivity index (χ3v) is 3.71. The van der Waals surface area contributed by atoms with Gasteiger partial charge >= 0.3 is 5.97 Å². The van der Waals surface area contributed by atoms with E-state index in [4.69, 9.17) is 5.11 Å². The van der Waals surface area contributed by atoms with Gasteiger partial charge in [-0.1, -0.05) is 6.92 Å². The van der Waals surface area contributed by atoms with E-state index >= 15 is 0 Å². The summed E-state index contributed by atoms with van der Waals surface area (Å²) in [6, 6.07) is 3.03. The second-order valence-corrected chi connectivity index (χ2v) is 5.33. The lowest BCUT2D eigenvalue weighted by Crippen LogP contribution is -2.44. The molecule has 2 rings (SSSR count). The van der Waals surface area contributed by atoms with Crippen LogP contribution in [0.1, 0.15) is 47.0 Å². The van der Waals surface area contributed by atoms with Gasteiger partial charge in [0.1, 0.15) is 5.69 Å². The second kappa shape index (κ2) is 7.17. The van der Waals surface area contributed by atoms with Gasteiger partial charge in [0.2, 0.25) is 0 Å². The normalized spacial score (nSPS) is 16.6. The summed E-state index contributed by atoms with van der Waals surface area (Å²) in [7, 11) is 0. The molecule has 1 aromatic heterocycles. The molecule has 0 atom stereocenters. The Hall–Kier alpha value is -1.95. The average Bonchev–Trinajstić information content (AvgIpc) is 2.49. The van der Waals surface area contributed by atoms with E-state index in [2.05, 4.69) is 22.1 Å². The highest BCUT2D eigenvalue weighted by atomic mass is 16.4. The van der Waals surface area contributed by atoms with Gasteiger partial charge in [-0.3, -0.25) is 4.79 Å². The number of piperidine rings is 1. The van der Waals surface area contributed by atoms with Crippen LogP contribution in [-0.4, -0.2) is 52.5 Å². The van der Waals surface area contributed by atoms with Crippen molar-refractivity contribution in [3.63, 3.8) is 0 Å². The molecule has 0 aromatic carbocycles. The predicted molar refractivity (Wildman–Crippen MR) is 78.4 cm³/mol. The molecule has 0 radical (unpaired) electrons. The van der Waals surface area contributed by atoms with Crippen LogP contribution in [0.25, 0.3) is 0 Å². The molecule has 114 valence electrons. The van der Waals surface area contributed by atoms with Crippen molar-refractivity contribution in [3.8, 4) is 0 Å². The van der Waals surface area contributed by atoms with Gasteiger partial charge in [0.05, 0.1) is 5.56 Å². The van der Waals surface area contributed by atoms with Crippen LogP contribution >= 0.6 is 0 Å². The maximum Gasteiger partial charge on any atom is 0.354 e. The first-order valence-electron chi connectivity index (χ1n) is 7.32. The number of hydrogen-bond donors (Lipinski definition) is 2. The fraction of sp³-hybridized carbons (Fsp3) is 0.533. The summed E-state index contributed by atoms with van der Waals surface area (Å²) in [6.07, 6.45) is 4.36. The molecule has 1 saturated heterocycles. The van der Waals surface area contributed by atoms with Gasteiger partial charge in [0, 0.05) is 25.3 Å². The molecule has 21 heavy (non-hydrogen) atoms. The van der Waals surface area contributed by atoms with Crippen LogP contribution in [0.4, 0.5) is 0 Å². The smallest absolute Gasteiger partial charge is 0.354 e. The third kappa shape index (κ3) is 4.26. The Balaban J connectivity index is 1.86. The van der Waals surface area contributed by atoms with Gasteiger partial charge in [-0.05, 0) is 37.9 Å². The number of nitrogens with one attached hydrogen (secondary N) is 1. The van der Waals surface area contributed by atoms with Crippen LogP contribution in [0.15, 0.2) is 18.3 Å². The monoisotopic (exact) mass is 291 g/mol. The fourth-order valence-corrected chi connectivity index (χ4v) is 2.54. The first-order chi connectivity index (χ1) is 10.1. The highest BCUT2D eigenvalue weighted by Gasteiger charge is 2.20. The number of carboxylic acids is 1. The summed E-state index contributed by atoms with van der Waals surface area (Å²) >= 11 is 0. The molecular weight excluding hydrogens is 270 g/mol. The number of carboxylic acid groups (broad SMARTS) is 1. The van der Waals surface area contributed by atoms with E-state index in [1.165, 1.54) is 18.3 Å². The summed E-state index contributed by atoms with van der Waals surface area (Å²) in [6.45, 7) is 5.30. The zero-order valence-electron chi connectivity index (χ0n) is 12.2. The van der Waals surface area contributed by atoms with E-state index in [9.17, 15) is 9.59 Å². The van der Waals surface area contributed by atoms with Crippen molar-refractivity contribution in [2.24, 2.45) is 0 Å². The number of hydrogen-bond acceptors (Lipinski definition) is 4. The van der Waals surface area contributed by atoms with E-state index in [0.717, 1.165) is 38.9 Å². The van der Waals surface area contributed by atoms with Gasteiger partial charge in [-0.2, -0.15) is 0 Å². The first-order valence-corrected chi connectivity index (χ1v) is 7.32. The standard InChI is InChI=1S/C15H21N3O3/c1-2-7-18-8-5-12(6-9-18)17-14(19)11-3-4-13(15(20)21)16-10-11/h3-4,10,12H,2,5-9H2,1H3,(H,17,19)(H,20,21). The maximum absolute atomic E-state index is 12.1.